The molecule has 9 nitrogen and oxygen atoms in total. The third-order valence-corrected chi connectivity index (χ3v) is 5.56. The molecule has 2 aromatic heterocycles. The predicted molar refractivity (Wildman–Crippen MR) is 108 cm³/mol. The Morgan fingerprint density at radius 3 is 2.70 bits per heavy atom. The number of nitrogens with one attached hydrogen (secondary N) is 1. The summed E-state index contributed by atoms with van der Waals surface area (Å²) < 4.78 is 16.8. The van der Waals surface area contributed by atoms with E-state index in [9.17, 15) is 9.59 Å². The van der Waals surface area contributed by atoms with Gasteiger partial charge in [-0.05, 0) is 24.6 Å². The predicted octanol–water partition coefficient (Wildman–Crippen LogP) is 1.55. The Morgan fingerprint density at radius 1 is 1.13 bits per heavy atom. The van der Waals surface area contributed by atoms with Crippen LogP contribution in [-0.4, -0.2) is 65.1 Å². The second kappa shape index (κ2) is 7.49. The van der Waals surface area contributed by atoms with Crippen LogP contribution in [0, 0.1) is 6.92 Å². The van der Waals surface area contributed by atoms with Crippen LogP contribution in [0.4, 0.5) is 0 Å². The van der Waals surface area contributed by atoms with E-state index in [2.05, 4.69) is 14.9 Å². The standard InChI is InChI=1S/C21H22N4O5/c1-13-17(18-19(26)22-12-23-20(18)30-13)21(27)25-6-4-24(5-7-25)11-14-2-3-15-16(10-14)29-9-8-28-15/h2-3,10,12H,4-9,11H2,1H3,(H,22,23,26). The van der Waals surface area contributed by atoms with Crippen molar-refractivity contribution in [3.63, 3.8) is 0 Å². The van der Waals surface area contributed by atoms with Crippen molar-refractivity contribution in [1.82, 2.24) is 19.8 Å². The van der Waals surface area contributed by atoms with Gasteiger partial charge in [-0.3, -0.25) is 14.5 Å². The number of carbonyl (C=O) groups is 1. The third kappa shape index (κ3) is 3.30. The molecule has 0 atom stereocenters. The van der Waals surface area contributed by atoms with Gasteiger partial charge in [-0.15, -0.1) is 0 Å². The SMILES string of the molecule is Cc1oc2nc[nH]c(=O)c2c1C(=O)N1CCN(Cc2ccc3c(c2)OCCO3)CC1. The topological polar surface area (TPSA) is 101 Å². The minimum absolute atomic E-state index is 0.191. The average molecular weight is 410 g/mol. The molecule has 0 unspecified atom stereocenters. The van der Waals surface area contributed by atoms with Crippen LogP contribution >= 0.6 is 0 Å². The first-order valence-corrected chi connectivity index (χ1v) is 9.97. The molecule has 0 saturated carbocycles. The molecule has 156 valence electrons. The number of fused-ring (bicyclic) bond motifs is 2. The first kappa shape index (κ1) is 18.7. The molecule has 0 aliphatic carbocycles. The van der Waals surface area contributed by atoms with Crippen LogP contribution < -0.4 is 15.0 Å². The molecule has 2 aliphatic heterocycles. The van der Waals surface area contributed by atoms with Gasteiger partial charge in [0.15, 0.2) is 11.5 Å². The zero-order valence-corrected chi connectivity index (χ0v) is 16.6. The number of aromatic amines is 1. The molecule has 0 bridgehead atoms. The lowest BCUT2D eigenvalue weighted by molar-refractivity contribution is 0.0628. The molecule has 4 heterocycles. The monoisotopic (exact) mass is 410 g/mol. The molecule has 30 heavy (non-hydrogen) atoms. The number of hydrogen-bond acceptors (Lipinski definition) is 7. The summed E-state index contributed by atoms with van der Waals surface area (Å²) in [6.07, 6.45) is 1.28. The highest BCUT2D eigenvalue weighted by Gasteiger charge is 2.28. The quantitative estimate of drug-likeness (QED) is 0.699. The largest absolute Gasteiger partial charge is 0.486 e. The number of benzene rings is 1. The molecule has 1 amide bonds. The lowest BCUT2D eigenvalue weighted by atomic mass is 10.1. The fraction of sp³-hybridized carbons (Fsp3) is 0.381. The van der Waals surface area contributed by atoms with Gasteiger partial charge in [-0.25, -0.2) is 4.98 Å². The second-order valence-electron chi connectivity index (χ2n) is 7.49. The van der Waals surface area contributed by atoms with Gasteiger partial charge < -0.3 is 23.8 Å². The smallest absolute Gasteiger partial charge is 0.262 e. The summed E-state index contributed by atoms with van der Waals surface area (Å²) in [4.78, 5) is 35.9. The Morgan fingerprint density at radius 2 is 1.90 bits per heavy atom. The van der Waals surface area contributed by atoms with E-state index in [1.165, 1.54) is 6.33 Å². The van der Waals surface area contributed by atoms with E-state index in [1.54, 1.807) is 11.8 Å². The highest BCUT2D eigenvalue weighted by molar-refractivity contribution is 6.06. The number of rotatable bonds is 3. The summed E-state index contributed by atoms with van der Waals surface area (Å²) in [7, 11) is 0. The summed E-state index contributed by atoms with van der Waals surface area (Å²) in [5.74, 6) is 1.79. The number of aryl methyl sites for hydroxylation is 1. The van der Waals surface area contributed by atoms with E-state index in [4.69, 9.17) is 13.9 Å². The van der Waals surface area contributed by atoms with Crippen molar-refractivity contribution in [2.75, 3.05) is 39.4 Å². The number of H-pyrrole nitrogens is 1. The molecule has 0 spiro atoms. The van der Waals surface area contributed by atoms with Crippen molar-refractivity contribution in [3.05, 3.63) is 51.8 Å². The van der Waals surface area contributed by atoms with Crippen LogP contribution in [0.3, 0.4) is 0 Å². The summed E-state index contributed by atoms with van der Waals surface area (Å²) in [5, 5.41) is 0.221. The van der Waals surface area contributed by atoms with Crippen molar-refractivity contribution < 1.29 is 18.7 Å². The first-order chi connectivity index (χ1) is 14.6. The maximum absolute atomic E-state index is 13.1. The zero-order chi connectivity index (χ0) is 20.7. The van der Waals surface area contributed by atoms with E-state index in [0.29, 0.717) is 37.6 Å². The molecule has 1 aromatic carbocycles. The highest BCUT2D eigenvalue weighted by Crippen LogP contribution is 2.31. The number of furan rings is 1. The average Bonchev–Trinajstić information content (AvgIpc) is 3.11. The van der Waals surface area contributed by atoms with Crippen LogP contribution in [0.1, 0.15) is 21.7 Å². The third-order valence-electron chi connectivity index (χ3n) is 5.56. The van der Waals surface area contributed by atoms with E-state index in [-0.39, 0.29) is 22.6 Å². The van der Waals surface area contributed by atoms with Gasteiger partial charge >= 0.3 is 0 Å². The molecule has 0 radical (unpaired) electrons. The summed E-state index contributed by atoms with van der Waals surface area (Å²) in [6, 6.07) is 6.01. The number of hydrogen-bond donors (Lipinski definition) is 1. The molecular weight excluding hydrogens is 388 g/mol. The van der Waals surface area contributed by atoms with Crippen molar-refractivity contribution in [3.8, 4) is 11.5 Å². The Labute approximate surface area is 172 Å². The molecule has 1 N–H and O–H groups in total. The molecular formula is C21H22N4O5. The summed E-state index contributed by atoms with van der Waals surface area (Å²) in [6.45, 7) is 6.24. The number of aromatic nitrogens is 2. The lowest BCUT2D eigenvalue weighted by Gasteiger charge is -2.34. The second-order valence-corrected chi connectivity index (χ2v) is 7.49. The van der Waals surface area contributed by atoms with Gasteiger partial charge in [0.2, 0.25) is 5.71 Å². The van der Waals surface area contributed by atoms with Crippen molar-refractivity contribution in [2.45, 2.75) is 13.5 Å². The Hall–Kier alpha value is -3.33. The van der Waals surface area contributed by atoms with Gasteiger partial charge in [0.25, 0.3) is 11.5 Å². The van der Waals surface area contributed by atoms with Crippen molar-refractivity contribution in [1.29, 1.82) is 0 Å². The molecule has 9 heteroatoms. The molecule has 3 aromatic rings. The van der Waals surface area contributed by atoms with Crippen LogP contribution in [0.25, 0.3) is 11.1 Å². The zero-order valence-electron chi connectivity index (χ0n) is 16.6. The number of piperazine rings is 1. The van der Waals surface area contributed by atoms with Gasteiger partial charge in [0.1, 0.15) is 24.4 Å². The normalized spacial score (nSPS) is 16.8. The minimum atomic E-state index is -0.363. The van der Waals surface area contributed by atoms with E-state index in [1.807, 2.05) is 18.2 Å². The summed E-state index contributed by atoms with van der Waals surface area (Å²) in [5.41, 5.74) is 1.28. The fourth-order valence-corrected chi connectivity index (χ4v) is 4.02. The van der Waals surface area contributed by atoms with Crippen LogP contribution in [0.5, 0.6) is 11.5 Å². The van der Waals surface area contributed by atoms with Crippen LogP contribution in [0.2, 0.25) is 0 Å². The van der Waals surface area contributed by atoms with Gasteiger partial charge in [-0.2, -0.15) is 0 Å². The Kier molecular flexibility index (Phi) is 4.66. The van der Waals surface area contributed by atoms with Crippen LogP contribution in [-0.2, 0) is 6.54 Å². The number of ether oxygens (including phenoxy) is 2. The maximum Gasteiger partial charge on any atom is 0.262 e. The summed E-state index contributed by atoms with van der Waals surface area (Å²) >= 11 is 0. The molecule has 1 saturated heterocycles. The van der Waals surface area contributed by atoms with Crippen molar-refractivity contribution in [2.24, 2.45) is 0 Å². The van der Waals surface area contributed by atoms with E-state index < -0.39 is 0 Å². The Balaban J connectivity index is 1.27. The first-order valence-electron chi connectivity index (χ1n) is 9.97. The molecule has 5 rings (SSSR count). The van der Waals surface area contributed by atoms with Gasteiger partial charge in [0, 0.05) is 32.7 Å². The Bertz CT molecular complexity index is 1160. The number of amides is 1. The van der Waals surface area contributed by atoms with Gasteiger partial charge in [-0.1, -0.05) is 6.07 Å². The fourth-order valence-electron chi connectivity index (χ4n) is 4.02. The molecule has 2 aliphatic rings. The van der Waals surface area contributed by atoms with E-state index >= 15 is 0 Å². The maximum atomic E-state index is 13.1. The van der Waals surface area contributed by atoms with E-state index in [0.717, 1.165) is 36.7 Å². The highest BCUT2D eigenvalue weighted by atomic mass is 16.6. The van der Waals surface area contributed by atoms with Crippen LogP contribution in [0.15, 0.2) is 33.7 Å². The number of nitrogens with zero attached hydrogens (tertiary/aromatic N) is 3. The molecule has 1 fully saturated rings. The number of carbonyl (C=O) groups excluding carboxylic acids is 1. The van der Waals surface area contributed by atoms with Gasteiger partial charge in [0.05, 0.1) is 11.9 Å². The lowest BCUT2D eigenvalue weighted by Crippen LogP contribution is -2.48. The van der Waals surface area contributed by atoms with Crippen molar-refractivity contribution >= 4 is 17.0 Å². The minimum Gasteiger partial charge on any atom is -0.486 e.